The van der Waals surface area contributed by atoms with Gasteiger partial charge in [0.25, 0.3) is 0 Å². The molecule has 19 heavy (non-hydrogen) atoms. The third-order valence-electron chi connectivity index (χ3n) is 3.96. The van der Waals surface area contributed by atoms with Crippen molar-refractivity contribution in [3.8, 4) is 11.5 Å². The SMILES string of the molecule is CCN(Cc1cc(Cl)cc(OC)c1O)C1CCCC1. The van der Waals surface area contributed by atoms with Crippen LogP contribution in [0.4, 0.5) is 0 Å². The highest BCUT2D eigenvalue weighted by molar-refractivity contribution is 6.30. The van der Waals surface area contributed by atoms with Crippen LogP contribution in [0, 0.1) is 0 Å². The maximum atomic E-state index is 10.2. The fourth-order valence-corrected chi connectivity index (χ4v) is 3.12. The van der Waals surface area contributed by atoms with Gasteiger partial charge in [0.05, 0.1) is 7.11 Å². The normalized spacial score (nSPS) is 16.2. The zero-order chi connectivity index (χ0) is 13.8. The van der Waals surface area contributed by atoms with E-state index in [2.05, 4.69) is 11.8 Å². The molecule has 0 atom stereocenters. The van der Waals surface area contributed by atoms with Crippen molar-refractivity contribution in [3.05, 3.63) is 22.7 Å². The van der Waals surface area contributed by atoms with Crippen molar-refractivity contribution in [1.29, 1.82) is 0 Å². The fourth-order valence-electron chi connectivity index (χ4n) is 2.89. The average molecular weight is 284 g/mol. The highest BCUT2D eigenvalue weighted by Crippen LogP contribution is 2.35. The van der Waals surface area contributed by atoms with Crippen molar-refractivity contribution in [2.45, 2.75) is 45.2 Å². The summed E-state index contributed by atoms with van der Waals surface area (Å²) in [6.45, 7) is 3.88. The van der Waals surface area contributed by atoms with Crippen molar-refractivity contribution in [1.82, 2.24) is 4.90 Å². The van der Waals surface area contributed by atoms with Gasteiger partial charge >= 0.3 is 0 Å². The molecule has 0 unspecified atom stereocenters. The number of phenols is 1. The second-order valence-electron chi connectivity index (χ2n) is 5.12. The first-order valence-corrected chi connectivity index (χ1v) is 7.33. The van der Waals surface area contributed by atoms with Gasteiger partial charge in [-0.05, 0) is 25.5 Å². The molecular formula is C15H22ClNO2. The molecular weight excluding hydrogens is 262 g/mol. The summed E-state index contributed by atoms with van der Waals surface area (Å²) in [6.07, 6.45) is 5.14. The topological polar surface area (TPSA) is 32.7 Å². The molecule has 1 aromatic rings. The standard InChI is InChI=1S/C15H22ClNO2/c1-3-17(13-6-4-5-7-13)10-11-8-12(16)9-14(19-2)15(11)18/h8-9,13,18H,3-7,10H2,1-2H3. The molecule has 1 aliphatic carbocycles. The molecule has 1 saturated carbocycles. The number of aromatic hydroxyl groups is 1. The van der Waals surface area contributed by atoms with Gasteiger partial charge in [-0.2, -0.15) is 0 Å². The van der Waals surface area contributed by atoms with Gasteiger partial charge in [0.2, 0.25) is 0 Å². The van der Waals surface area contributed by atoms with Crippen LogP contribution >= 0.6 is 11.6 Å². The highest BCUT2D eigenvalue weighted by Gasteiger charge is 2.23. The minimum atomic E-state index is 0.211. The Bertz CT molecular complexity index is 430. The van der Waals surface area contributed by atoms with E-state index in [4.69, 9.17) is 16.3 Å². The lowest BCUT2D eigenvalue weighted by atomic mass is 10.1. The first-order chi connectivity index (χ1) is 9.15. The van der Waals surface area contributed by atoms with E-state index in [1.54, 1.807) is 13.2 Å². The number of methoxy groups -OCH3 is 1. The van der Waals surface area contributed by atoms with Crippen molar-refractivity contribution >= 4 is 11.6 Å². The molecule has 1 aliphatic rings. The first-order valence-electron chi connectivity index (χ1n) is 6.95. The molecule has 1 fully saturated rings. The summed E-state index contributed by atoms with van der Waals surface area (Å²) >= 11 is 6.08. The van der Waals surface area contributed by atoms with Gasteiger partial charge in [-0.25, -0.2) is 0 Å². The van der Waals surface area contributed by atoms with Crippen LogP contribution in [0.5, 0.6) is 11.5 Å². The van der Waals surface area contributed by atoms with Gasteiger partial charge in [-0.15, -0.1) is 0 Å². The maximum Gasteiger partial charge on any atom is 0.162 e. The third-order valence-corrected chi connectivity index (χ3v) is 4.18. The number of phenolic OH excluding ortho intramolecular Hbond substituents is 1. The Morgan fingerprint density at radius 2 is 2.05 bits per heavy atom. The van der Waals surface area contributed by atoms with Crippen LogP contribution in [0.15, 0.2) is 12.1 Å². The summed E-state index contributed by atoms with van der Waals surface area (Å²) < 4.78 is 5.15. The predicted molar refractivity (Wildman–Crippen MR) is 78.0 cm³/mol. The molecule has 106 valence electrons. The van der Waals surface area contributed by atoms with Crippen LogP contribution < -0.4 is 4.74 Å². The third kappa shape index (κ3) is 3.34. The summed E-state index contributed by atoms with van der Waals surface area (Å²) in [6, 6.07) is 4.11. The smallest absolute Gasteiger partial charge is 0.162 e. The minimum absolute atomic E-state index is 0.211. The van der Waals surface area contributed by atoms with Crippen LogP contribution in [-0.2, 0) is 6.54 Å². The zero-order valence-electron chi connectivity index (χ0n) is 11.7. The Morgan fingerprint density at radius 3 is 2.63 bits per heavy atom. The monoisotopic (exact) mass is 283 g/mol. The Labute approximate surface area is 120 Å². The maximum absolute atomic E-state index is 10.2. The van der Waals surface area contributed by atoms with Crippen molar-refractivity contribution in [2.24, 2.45) is 0 Å². The van der Waals surface area contributed by atoms with Crippen molar-refractivity contribution < 1.29 is 9.84 Å². The number of rotatable bonds is 5. The van der Waals surface area contributed by atoms with Crippen LogP contribution in [0.1, 0.15) is 38.2 Å². The summed E-state index contributed by atoms with van der Waals surface area (Å²) in [5.74, 6) is 0.660. The molecule has 1 N–H and O–H groups in total. The highest BCUT2D eigenvalue weighted by atomic mass is 35.5. The largest absolute Gasteiger partial charge is 0.504 e. The molecule has 0 radical (unpaired) electrons. The predicted octanol–water partition coefficient (Wildman–Crippen LogP) is 3.82. The molecule has 0 saturated heterocycles. The van der Waals surface area contributed by atoms with E-state index in [0.717, 1.165) is 18.7 Å². The van der Waals surface area contributed by atoms with E-state index in [1.807, 2.05) is 6.07 Å². The first kappa shape index (κ1) is 14.5. The molecule has 0 heterocycles. The lowest BCUT2D eigenvalue weighted by Crippen LogP contribution is -2.32. The quantitative estimate of drug-likeness (QED) is 0.892. The number of ether oxygens (including phenoxy) is 1. The Morgan fingerprint density at radius 1 is 1.37 bits per heavy atom. The van der Waals surface area contributed by atoms with E-state index in [0.29, 0.717) is 16.8 Å². The van der Waals surface area contributed by atoms with Crippen LogP contribution in [0.2, 0.25) is 5.02 Å². The molecule has 0 bridgehead atoms. The minimum Gasteiger partial charge on any atom is -0.504 e. The van der Waals surface area contributed by atoms with Gasteiger partial charge in [0, 0.05) is 29.2 Å². The van der Waals surface area contributed by atoms with Gasteiger partial charge in [0.1, 0.15) is 0 Å². The van der Waals surface area contributed by atoms with Crippen molar-refractivity contribution in [2.75, 3.05) is 13.7 Å². The summed E-state index contributed by atoms with van der Waals surface area (Å²) in [4.78, 5) is 2.41. The molecule has 0 aliphatic heterocycles. The molecule has 0 spiro atoms. The number of benzene rings is 1. The van der Waals surface area contributed by atoms with Crippen LogP contribution in [0.3, 0.4) is 0 Å². The summed E-state index contributed by atoms with van der Waals surface area (Å²) in [5, 5.41) is 10.8. The van der Waals surface area contributed by atoms with E-state index >= 15 is 0 Å². The van der Waals surface area contributed by atoms with E-state index in [-0.39, 0.29) is 5.75 Å². The molecule has 0 aromatic heterocycles. The molecule has 0 amide bonds. The number of hydrogen-bond acceptors (Lipinski definition) is 3. The number of halogens is 1. The number of nitrogens with zero attached hydrogens (tertiary/aromatic N) is 1. The molecule has 3 nitrogen and oxygen atoms in total. The van der Waals surface area contributed by atoms with Crippen LogP contribution in [-0.4, -0.2) is 29.7 Å². The second kappa shape index (κ2) is 6.49. The summed E-state index contributed by atoms with van der Waals surface area (Å²) in [5.41, 5.74) is 0.845. The second-order valence-corrected chi connectivity index (χ2v) is 5.55. The zero-order valence-corrected chi connectivity index (χ0v) is 12.4. The van der Waals surface area contributed by atoms with E-state index in [9.17, 15) is 5.11 Å². The summed E-state index contributed by atoms with van der Waals surface area (Å²) in [7, 11) is 1.55. The molecule has 2 rings (SSSR count). The van der Waals surface area contributed by atoms with E-state index in [1.165, 1.54) is 25.7 Å². The van der Waals surface area contributed by atoms with Crippen molar-refractivity contribution in [3.63, 3.8) is 0 Å². The van der Waals surface area contributed by atoms with Gasteiger partial charge in [-0.3, -0.25) is 4.90 Å². The fraction of sp³-hybridized carbons (Fsp3) is 0.600. The Hall–Kier alpha value is -0.930. The Balaban J connectivity index is 2.18. The molecule has 4 heteroatoms. The lowest BCUT2D eigenvalue weighted by molar-refractivity contribution is 0.197. The van der Waals surface area contributed by atoms with Crippen LogP contribution in [0.25, 0.3) is 0 Å². The van der Waals surface area contributed by atoms with Gasteiger partial charge in [-0.1, -0.05) is 31.4 Å². The average Bonchev–Trinajstić information content (AvgIpc) is 2.93. The van der Waals surface area contributed by atoms with Gasteiger partial charge in [0.15, 0.2) is 11.5 Å². The molecule has 1 aromatic carbocycles. The van der Waals surface area contributed by atoms with Gasteiger partial charge < -0.3 is 9.84 Å². The Kier molecular flexibility index (Phi) is 4.94. The lowest BCUT2D eigenvalue weighted by Gasteiger charge is -2.28. The van der Waals surface area contributed by atoms with E-state index < -0.39 is 0 Å². The number of hydrogen-bond donors (Lipinski definition) is 1.